The van der Waals surface area contributed by atoms with E-state index in [0.29, 0.717) is 11.8 Å². The number of hydrogen-bond donors (Lipinski definition) is 0. The molecule has 0 aromatic heterocycles. The summed E-state index contributed by atoms with van der Waals surface area (Å²) in [6, 6.07) is 5.60. The lowest BCUT2D eigenvalue weighted by Gasteiger charge is -2.15. The fourth-order valence-corrected chi connectivity index (χ4v) is 1.82. The second kappa shape index (κ2) is 6.33. The predicted molar refractivity (Wildman–Crippen MR) is 64.7 cm³/mol. The number of halogens is 2. The van der Waals surface area contributed by atoms with E-state index in [9.17, 15) is 0 Å². The summed E-state index contributed by atoms with van der Waals surface area (Å²) in [6.07, 6.45) is 0.899. The molecule has 0 aliphatic rings. The van der Waals surface area contributed by atoms with Crippen molar-refractivity contribution in [1.29, 1.82) is 0 Å². The molecule has 0 amide bonds. The van der Waals surface area contributed by atoms with Crippen LogP contribution in [0, 0.1) is 0 Å². The maximum Gasteiger partial charge on any atom is 0.0984 e. The number of methoxy groups -OCH3 is 1. The fourth-order valence-electron chi connectivity index (χ4n) is 1.32. The normalized spacial score (nSPS) is 11.0. The Balaban J connectivity index is 2.50. The van der Waals surface area contributed by atoms with Gasteiger partial charge >= 0.3 is 0 Å². The van der Waals surface area contributed by atoms with Crippen LogP contribution >= 0.6 is 23.2 Å². The molecule has 0 saturated carbocycles. The second-order valence-corrected chi connectivity index (χ2v) is 4.33. The van der Waals surface area contributed by atoms with E-state index in [0.717, 1.165) is 23.6 Å². The Morgan fingerprint density at radius 3 is 2.67 bits per heavy atom. The molecule has 1 rings (SSSR count). The third kappa shape index (κ3) is 4.39. The van der Waals surface area contributed by atoms with Crippen molar-refractivity contribution in [3.63, 3.8) is 0 Å². The van der Waals surface area contributed by atoms with E-state index in [1.165, 1.54) is 0 Å². The molecular weight excluding hydrogens is 233 g/mol. The van der Waals surface area contributed by atoms with Gasteiger partial charge in [-0.25, -0.2) is 0 Å². The van der Waals surface area contributed by atoms with Crippen molar-refractivity contribution in [3.05, 3.63) is 33.8 Å². The molecule has 0 aliphatic heterocycles. The Hall–Kier alpha value is -0.280. The van der Waals surface area contributed by atoms with Crippen molar-refractivity contribution in [3.8, 4) is 0 Å². The number of rotatable bonds is 5. The van der Waals surface area contributed by atoms with E-state index in [4.69, 9.17) is 27.9 Å². The molecule has 0 radical (unpaired) electrons. The largest absolute Gasteiger partial charge is 0.369 e. The highest BCUT2D eigenvalue weighted by molar-refractivity contribution is 6.35. The van der Waals surface area contributed by atoms with Gasteiger partial charge < -0.3 is 4.74 Å². The van der Waals surface area contributed by atoms with E-state index in [-0.39, 0.29) is 0 Å². The van der Waals surface area contributed by atoms with Crippen LogP contribution in [0.4, 0.5) is 0 Å². The summed E-state index contributed by atoms with van der Waals surface area (Å²) < 4.78 is 5.01. The van der Waals surface area contributed by atoms with Crippen LogP contribution in [-0.2, 0) is 11.2 Å². The van der Waals surface area contributed by atoms with Crippen molar-refractivity contribution < 1.29 is 4.74 Å². The predicted octanol–water partition coefficient (Wildman–Crippen LogP) is 3.07. The summed E-state index contributed by atoms with van der Waals surface area (Å²) in [5.41, 5.74) is 1.11. The molecule has 2 nitrogen and oxygen atoms in total. The lowest BCUT2D eigenvalue weighted by atomic mass is 10.1. The average Bonchev–Trinajstić information content (AvgIpc) is 2.17. The van der Waals surface area contributed by atoms with Crippen LogP contribution in [0.15, 0.2) is 18.2 Å². The Labute approximate surface area is 101 Å². The summed E-state index contributed by atoms with van der Waals surface area (Å²) in [7, 11) is 3.69. The number of ether oxygens (including phenoxy) is 1. The third-order valence-electron chi connectivity index (χ3n) is 2.13. The molecular formula is C11H15Cl2NO. The van der Waals surface area contributed by atoms with Crippen molar-refractivity contribution in [1.82, 2.24) is 4.90 Å². The molecule has 15 heavy (non-hydrogen) atoms. The Bertz CT molecular complexity index is 317. The van der Waals surface area contributed by atoms with E-state index in [1.54, 1.807) is 13.2 Å². The molecule has 1 aromatic carbocycles. The SMILES string of the molecule is COCN(C)CCc1ccc(Cl)cc1Cl. The first-order valence-corrected chi connectivity index (χ1v) is 5.50. The topological polar surface area (TPSA) is 12.5 Å². The van der Waals surface area contributed by atoms with Crippen LogP contribution in [0.2, 0.25) is 10.0 Å². The van der Waals surface area contributed by atoms with Gasteiger partial charge in [0.2, 0.25) is 0 Å². The summed E-state index contributed by atoms with van der Waals surface area (Å²) >= 11 is 11.9. The molecule has 1 aromatic rings. The monoisotopic (exact) mass is 247 g/mol. The second-order valence-electron chi connectivity index (χ2n) is 3.48. The highest BCUT2D eigenvalue weighted by atomic mass is 35.5. The zero-order valence-electron chi connectivity index (χ0n) is 8.96. The van der Waals surface area contributed by atoms with Gasteiger partial charge in [0.25, 0.3) is 0 Å². The standard InChI is InChI=1S/C11H15Cl2NO/c1-14(8-15-2)6-5-9-3-4-10(12)7-11(9)13/h3-4,7H,5-6,8H2,1-2H3. The Kier molecular flexibility index (Phi) is 5.40. The maximum absolute atomic E-state index is 6.06. The first-order chi connectivity index (χ1) is 7.13. The van der Waals surface area contributed by atoms with Crippen LogP contribution in [0.3, 0.4) is 0 Å². The van der Waals surface area contributed by atoms with Crippen LogP contribution < -0.4 is 0 Å². The molecule has 0 N–H and O–H groups in total. The number of nitrogens with zero attached hydrogens (tertiary/aromatic N) is 1. The first-order valence-electron chi connectivity index (χ1n) is 4.75. The smallest absolute Gasteiger partial charge is 0.0984 e. The zero-order chi connectivity index (χ0) is 11.3. The van der Waals surface area contributed by atoms with Crippen molar-refractivity contribution in [2.24, 2.45) is 0 Å². The molecule has 0 spiro atoms. The lowest BCUT2D eigenvalue weighted by molar-refractivity contribution is 0.0827. The van der Waals surface area contributed by atoms with Crippen LogP contribution in [-0.4, -0.2) is 32.3 Å². The van der Waals surface area contributed by atoms with Gasteiger partial charge in [-0.05, 0) is 31.2 Å². The molecule has 0 unspecified atom stereocenters. The van der Waals surface area contributed by atoms with E-state index < -0.39 is 0 Å². The van der Waals surface area contributed by atoms with Crippen molar-refractivity contribution in [2.75, 3.05) is 27.4 Å². The van der Waals surface area contributed by atoms with Crippen molar-refractivity contribution in [2.45, 2.75) is 6.42 Å². The molecule has 0 saturated heterocycles. The zero-order valence-corrected chi connectivity index (χ0v) is 10.5. The summed E-state index contributed by atoms with van der Waals surface area (Å²) in [5, 5.41) is 1.40. The molecule has 0 bridgehead atoms. The minimum atomic E-state index is 0.630. The van der Waals surface area contributed by atoms with Crippen molar-refractivity contribution >= 4 is 23.2 Å². The number of likely N-dealkylation sites (N-methyl/N-ethyl adjacent to an activating group) is 1. The molecule has 4 heteroatoms. The highest BCUT2D eigenvalue weighted by Crippen LogP contribution is 2.21. The Morgan fingerprint density at radius 2 is 2.07 bits per heavy atom. The Morgan fingerprint density at radius 1 is 1.33 bits per heavy atom. The van der Waals surface area contributed by atoms with Gasteiger partial charge in [0.05, 0.1) is 6.73 Å². The fraction of sp³-hybridized carbons (Fsp3) is 0.455. The van der Waals surface area contributed by atoms with E-state index in [1.807, 2.05) is 19.2 Å². The minimum Gasteiger partial charge on any atom is -0.369 e. The van der Waals surface area contributed by atoms with Gasteiger partial charge in [0.1, 0.15) is 0 Å². The summed E-state index contributed by atoms with van der Waals surface area (Å²) in [6.45, 7) is 1.54. The molecule has 0 fully saturated rings. The maximum atomic E-state index is 6.06. The van der Waals surface area contributed by atoms with Gasteiger partial charge in [-0.3, -0.25) is 4.90 Å². The van der Waals surface area contributed by atoms with Crippen LogP contribution in [0.1, 0.15) is 5.56 Å². The van der Waals surface area contributed by atoms with Gasteiger partial charge in [0, 0.05) is 23.7 Å². The first kappa shape index (κ1) is 12.8. The van der Waals surface area contributed by atoms with Gasteiger partial charge in [-0.15, -0.1) is 0 Å². The molecule has 0 aliphatic carbocycles. The van der Waals surface area contributed by atoms with Gasteiger partial charge in [-0.1, -0.05) is 29.3 Å². The lowest BCUT2D eigenvalue weighted by Crippen LogP contribution is -2.23. The average molecular weight is 248 g/mol. The summed E-state index contributed by atoms with van der Waals surface area (Å²) in [4.78, 5) is 2.09. The van der Waals surface area contributed by atoms with Gasteiger partial charge in [-0.2, -0.15) is 0 Å². The van der Waals surface area contributed by atoms with E-state index >= 15 is 0 Å². The molecule has 0 heterocycles. The highest BCUT2D eigenvalue weighted by Gasteiger charge is 2.03. The van der Waals surface area contributed by atoms with Crippen LogP contribution in [0.25, 0.3) is 0 Å². The summed E-state index contributed by atoms with van der Waals surface area (Å²) in [5.74, 6) is 0. The number of benzene rings is 1. The molecule has 0 atom stereocenters. The van der Waals surface area contributed by atoms with Gasteiger partial charge in [0.15, 0.2) is 0 Å². The van der Waals surface area contributed by atoms with E-state index in [2.05, 4.69) is 4.90 Å². The molecule has 84 valence electrons. The number of hydrogen-bond acceptors (Lipinski definition) is 2. The minimum absolute atomic E-state index is 0.630. The van der Waals surface area contributed by atoms with Crippen LogP contribution in [0.5, 0.6) is 0 Å². The quantitative estimate of drug-likeness (QED) is 0.742. The third-order valence-corrected chi connectivity index (χ3v) is 2.71.